The number of halogens is 1. The van der Waals surface area contributed by atoms with E-state index in [2.05, 4.69) is 0 Å². The van der Waals surface area contributed by atoms with Gasteiger partial charge in [-0.15, -0.1) is 11.6 Å². The molecule has 1 aliphatic heterocycles. The van der Waals surface area contributed by atoms with Crippen LogP contribution in [0.25, 0.3) is 0 Å². The molecule has 0 radical (unpaired) electrons. The van der Waals surface area contributed by atoms with Gasteiger partial charge in [-0.05, 0) is 0 Å². The lowest BCUT2D eigenvalue weighted by Gasteiger charge is -2.36. The predicted molar refractivity (Wildman–Crippen MR) is 98.8 cm³/mol. The van der Waals surface area contributed by atoms with Gasteiger partial charge >= 0.3 is 0 Å². The molecule has 27 heavy (non-hydrogen) atoms. The van der Waals surface area contributed by atoms with Crippen molar-refractivity contribution in [2.24, 2.45) is 0 Å². The van der Waals surface area contributed by atoms with E-state index in [-0.39, 0.29) is 42.0 Å². The first kappa shape index (κ1) is 19.5. The lowest BCUT2D eigenvalue weighted by atomic mass is 9.88. The molecule has 8 heteroatoms. The Bertz CT molecular complexity index is 786. The predicted octanol–water partition coefficient (Wildman–Crippen LogP) is 1.32. The molecule has 144 valence electrons. The molecule has 0 saturated carbocycles. The molecule has 1 saturated heterocycles. The van der Waals surface area contributed by atoms with Crippen LogP contribution in [0.4, 0.5) is 0 Å². The van der Waals surface area contributed by atoms with Crippen molar-refractivity contribution < 1.29 is 23.9 Å². The smallest absolute Gasteiger partial charge is 0.242 e. The summed E-state index contributed by atoms with van der Waals surface area (Å²) in [6.45, 7) is 2.17. The number of rotatable bonds is 6. The van der Waals surface area contributed by atoms with Crippen molar-refractivity contribution in [2.45, 2.75) is 0 Å². The molecular formula is C19H21ClN2O5. The number of allylic oxidation sites excluding steroid dienone is 2. The van der Waals surface area contributed by atoms with E-state index in [1.807, 2.05) is 4.90 Å². The molecule has 1 aromatic carbocycles. The summed E-state index contributed by atoms with van der Waals surface area (Å²) < 4.78 is 10.4. The van der Waals surface area contributed by atoms with Crippen LogP contribution in [-0.4, -0.2) is 79.7 Å². The minimum Gasteiger partial charge on any atom is -0.383 e. The largest absolute Gasteiger partial charge is 0.383 e. The Morgan fingerprint density at radius 2 is 1.81 bits per heavy atom. The van der Waals surface area contributed by atoms with Crippen molar-refractivity contribution in [1.29, 1.82) is 0 Å². The SMILES string of the molecule is COCCN(C(=O)CCl)C1=C(N2CCOCC2)C(=O)c2ccccc2C1=O. The number of hydrogen-bond donors (Lipinski definition) is 0. The molecule has 1 fully saturated rings. The molecule has 0 N–H and O–H groups in total. The number of carbonyl (C=O) groups is 3. The fourth-order valence-electron chi connectivity index (χ4n) is 3.30. The minimum atomic E-state index is -0.449. The first-order valence-corrected chi connectivity index (χ1v) is 9.24. The molecule has 0 spiro atoms. The van der Waals surface area contributed by atoms with Crippen LogP contribution in [0.5, 0.6) is 0 Å². The van der Waals surface area contributed by atoms with Gasteiger partial charge in [-0.1, -0.05) is 24.3 Å². The third kappa shape index (κ3) is 3.76. The Kier molecular flexibility index (Phi) is 6.26. The summed E-state index contributed by atoms with van der Waals surface area (Å²) in [6.07, 6.45) is 0. The first-order chi connectivity index (χ1) is 13.1. The Hall–Kier alpha value is -2.22. The van der Waals surface area contributed by atoms with E-state index in [1.54, 1.807) is 24.3 Å². The number of fused-ring (bicyclic) bond motifs is 1. The maximum absolute atomic E-state index is 13.3. The molecule has 1 amide bonds. The number of morpholine rings is 1. The molecule has 0 aromatic heterocycles. The van der Waals surface area contributed by atoms with Crippen molar-refractivity contribution in [3.05, 3.63) is 46.8 Å². The fourth-order valence-corrected chi connectivity index (χ4v) is 3.44. The second kappa shape index (κ2) is 8.65. The summed E-state index contributed by atoms with van der Waals surface area (Å²) in [5.74, 6) is -1.38. The number of amides is 1. The number of carbonyl (C=O) groups excluding carboxylic acids is 3. The van der Waals surface area contributed by atoms with Crippen LogP contribution in [0.1, 0.15) is 20.7 Å². The van der Waals surface area contributed by atoms with E-state index in [0.717, 1.165) is 0 Å². The normalized spacial score (nSPS) is 17.2. The van der Waals surface area contributed by atoms with Gasteiger partial charge in [0.25, 0.3) is 0 Å². The zero-order valence-corrected chi connectivity index (χ0v) is 15.8. The third-order valence-corrected chi connectivity index (χ3v) is 4.83. The van der Waals surface area contributed by atoms with Crippen LogP contribution in [0.3, 0.4) is 0 Å². The lowest BCUT2D eigenvalue weighted by Crippen LogP contribution is -2.46. The quantitative estimate of drug-likeness (QED) is 0.680. The number of ether oxygens (including phenoxy) is 2. The maximum Gasteiger partial charge on any atom is 0.242 e. The molecule has 0 atom stereocenters. The van der Waals surface area contributed by atoms with Gasteiger partial charge in [-0.3, -0.25) is 14.4 Å². The molecule has 2 aliphatic rings. The summed E-state index contributed by atoms with van der Waals surface area (Å²) in [7, 11) is 1.50. The standard InChI is InChI=1S/C19H21ClN2O5/c1-26-9-8-22(15(23)12-20)17-16(21-6-10-27-11-7-21)18(24)13-4-2-3-5-14(13)19(17)25/h2-5H,6-12H2,1H3. The molecule has 3 rings (SSSR count). The number of Topliss-reactive ketones (excluding diaryl/α,β-unsaturated/α-hetero) is 2. The second-order valence-corrected chi connectivity index (χ2v) is 6.44. The summed E-state index contributed by atoms with van der Waals surface area (Å²) in [6, 6.07) is 6.66. The van der Waals surface area contributed by atoms with Crippen molar-refractivity contribution in [2.75, 3.05) is 52.4 Å². The van der Waals surface area contributed by atoms with Crippen LogP contribution >= 0.6 is 11.6 Å². The Balaban J connectivity index is 2.16. The van der Waals surface area contributed by atoms with E-state index in [1.165, 1.54) is 12.0 Å². The van der Waals surface area contributed by atoms with Gasteiger partial charge in [0.15, 0.2) is 0 Å². The summed E-state index contributed by atoms with van der Waals surface area (Å²) in [5.41, 5.74) is 0.942. The van der Waals surface area contributed by atoms with Crippen LogP contribution in [0.2, 0.25) is 0 Å². The molecule has 1 aliphatic carbocycles. The first-order valence-electron chi connectivity index (χ1n) is 8.70. The molecular weight excluding hydrogens is 372 g/mol. The monoisotopic (exact) mass is 392 g/mol. The number of hydrogen-bond acceptors (Lipinski definition) is 6. The van der Waals surface area contributed by atoms with Crippen molar-refractivity contribution in [3.63, 3.8) is 0 Å². The van der Waals surface area contributed by atoms with Crippen molar-refractivity contribution in [1.82, 2.24) is 9.80 Å². The van der Waals surface area contributed by atoms with Crippen molar-refractivity contribution in [3.8, 4) is 0 Å². The Labute approximate surface area is 162 Å². The van der Waals surface area contributed by atoms with Gasteiger partial charge in [-0.2, -0.15) is 0 Å². The number of alkyl halides is 1. The summed E-state index contributed by atoms with van der Waals surface area (Å²) >= 11 is 5.78. The topological polar surface area (TPSA) is 76.2 Å². The molecule has 0 bridgehead atoms. The second-order valence-electron chi connectivity index (χ2n) is 6.17. The van der Waals surface area contributed by atoms with E-state index >= 15 is 0 Å². The Morgan fingerprint density at radius 3 is 2.41 bits per heavy atom. The van der Waals surface area contributed by atoms with E-state index in [0.29, 0.717) is 37.4 Å². The summed E-state index contributed by atoms with van der Waals surface area (Å²) in [4.78, 5) is 42.2. The fraction of sp³-hybridized carbons (Fsp3) is 0.421. The van der Waals surface area contributed by atoms with Gasteiger partial charge < -0.3 is 19.3 Å². The minimum absolute atomic E-state index is 0.0725. The van der Waals surface area contributed by atoms with E-state index < -0.39 is 5.91 Å². The highest BCUT2D eigenvalue weighted by Gasteiger charge is 2.39. The highest BCUT2D eigenvalue weighted by Crippen LogP contribution is 2.31. The van der Waals surface area contributed by atoms with Crippen LogP contribution in [-0.2, 0) is 14.3 Å². The highest BCUT2D eigenvalue weighted by atomic mass is 35.5. The molecule has 1 aromatic rings. The van der Waals surface area contributed by atoms with Crippen LogP contribution in [0, 0.1) is 0 Å². The van der Waals surface area contributed by atoms with Crippen LogP contribution in [0.15, 0.2) is 35.7 Å². The Morgan fingerprint density at radius 1 is 1.19 bits per heavy atom. The van der Waals surface area contributed by atoms with Gasteiger partial charge in [-0.25, -0.2) is 0 Å². The van der Waals surface area contributed by atoms with Gasteiger partial charge in [0.2, 0.25) is 17.5 Å². The van der Waals surface area contributed by atoms with Gasteiger partial charge in [0.05, 0.1) is 19.8 Å². The number of ketones is 2. The van der Waals surface area contributed by atoms with E-state index in [9.17, 15) is 14.4 Å². The van der Waals surface area contributed by atoms with Crippen molar-refractivity contribution >= 4 is 29.1 Å². The molecule has 1 heterocycles. The maximum atomic E-state index is 13.3. The molecule has 0 unspecified atom stereocenters. The average molecular weight is 393 g/mol. The summed E-state index contributed by atoms with van der Waals surface area (Å²) in [5, 5.41) is 0. The average Bonchev–Trinajstić information content (AvgIpc) is 2.72. The zero-order valence-electron chi connectivity index (χ0n) is 15.1. The van der Waals surface area contributed by atoms with E-state index in [4.69, 9.17) is 21.1 Å². The molecule has 7 nitrogen and oxygen atoms in total. The third-order valence-electron chi connectivity index (χ3n) is 4.60. The highest BCUT2D eigenvalue weighted by molar-refractivity contribution is 6.30. The van der Waals surface area contributed by atoms with Gasteiger partial charge in [0, 0.05) is 37.9 Å². The zero-order chi connectivity index (χ0) is 19.4. The van der Waals surface area contributed by atoms with Crippen LogP contribution < -0.4 is 0 Å². The number of methoxy groups -OCH3 is 1. The number of nitrogens with zero attached hydrogens (tertiary/aromatic N) is 2. The van der Waals surface area contributed by atoms with Gasteiger partial charge in [0.1, 0.15) is 17.3 Å². The number of benzene rings is 1. The lowest BCUT2D eigenvalue weighted by molar-refractivity contribution is -0.127.